The maximum atomic E-state index is 8.86. The Balaban J connectivity index is 2.11. The Morgan fingerprint density at radius 1 is 1.29 bits per heavy atom. The van der Waals surface area contributed by atoms with E-state index in [0.29, 0.717) is 5.76 Å². The summed E-state index contributed by atoms with van der Waals surface area (Å²) < 4.78 is 10.6. The van der Waals surface area contributed by atoms with Crippen LogP contribution in [0.25, 0.3) is 22.6 Å². The second-order valence-electron chi connectivity index (χ2n) is 3.83. The highest BCUT2D eigenvalue weighted by Crippen LogP contribution is 2.27. The van der Waals surface area contributed by atoms with Crippen LogP contribution in [0.3, 0.4) is 0 Å². The maximum absolute atomic E-state index is 8.86. The van der Waals surface area contributed by atoms with Gasteiger partial charge in [0.25, 0.3) is 5.89 Å². The quantitative estimate of drug-likeness (QED) is 0.731. The standard InChI is InChI=1S/C12H10N2O3/c1-7-2-3-9-8(4-7)5-10(16-9)12-13-11(6-15)14-17-12/h2-5,15H,6H2,1H3. The van der Waals surface area contributed by atoms with Crippen molar-refractivity contribution >= 4 is 11.0 Å². The molecule has 0 amide bonds. The van der Waals surface area contributed by atoms with Gasteiger partial charge in [0.05, 0.1) is 0 Å². The zero-order valence-electron chi connectivity index (χ0n) is 9.17. The van der Waals surface area contributed by atoms with Crippen molar-refractivity contribution in [3.05, 3.63) is 35.7 Å². The van der Waals surface area contributed by atoms with Gasteiger partial charge in [0.2, 0.25) is 0 Å². The van der Waals surface area contributed by atoms with Gasteiger partial charge in [0, 0.05) is 5.39 Å². The molecule has 0 unspecified atom stereocenters. The van der Waals surface area contributed by atoms with E-state index in [9.17, 15) is 0 Å². The van der Waals surface area contributed by atoms with Gasteiger partial charge in [-0.1, -0.05) is 16.8 Å². The van der Waals surface area contributed by atoms with E-state index in [-0.39, 0.29) is 18.3 Å². The highest BCUT2D eigenvalue weighted by Gasteiger charge is 2.13. The number of aliphatic hydroxyl groups is 1. The molecule has 2 heterocycles. The number of fused-ring (bicyclic) bond motifs is 1. The molecule has 5 heteroatoms. The molecule has 0 bridgehead atoms. The average molecular weight is 230 g/mol. The van der Waals surface area contributed by atoms with E-state index in [1.807, 2.05) is 31.2 Å². The molecule has 86 valence electrons. The van der Waals surface area contributed by atoms with Crippen LogP contribution in [0.1, 0.15) is 11.4 Å². The van der Waals surface area contributed by atoms with Gasteiger partial charge in [-0.05, 0) is 25.1 Å². The highest BCUT2D eigenvalue weighted by atomic mass is 16.5. The number of hydrogen-bond donors (Lipinski definition) is 1. The molecular formula is C12H10N2O3. The minimum Gasteiger partial charge on any atom is -0.451 e. The van der Waals surface area contributed by atoms with Gasteiger partial charge >= 0.3 is 0 Å². The summed E-state index contributed by atoms with van der Waals surface area (Å²) in [5.41, 5.74) is 1.93. The predicted molar refractivity (Wildman–Crippen MR) is 60.2 cm³/mol. The lowest BCUT2D eigenvalue weighted by Crippen LogP contribution is -1.84. The van der Waals surface area contributed by atoms with E-state index >= 15 is 0 Å². The molecule has 1 N–H and O–H groups in total. The molecule has 0 saturated carbocycles. The zero-order valence-corrected chi connectivity index (χ0v) is 9.17. The largest absolute Gasteiger partial charge is 0.451 e. The fraction of sp³-hybridized carbons (Fsp3) is 0.167. The minimum atomic E-state index is -0.247. The van der Waals surface area contributed by atoms with Gasteiger partial charge < -0.3 is 14.0 Å². The van der Waals surface area contributed by atoms with Crippen molar-refractivity contribution in [2.24, 2.45) is 0 Å². The van der Waals surface area contributed by atoms with Gasteiger partial charge in [-0.3, -0.25) is 0 Å². The minimum absolute atomic E-state index is 0.247. The second-order valence-corrected chi connectivity index (χ2v) is 3.83. The Kier molecular flexibility index (Phi) is 2.19. The summed E-state index contributed by atoms with van der Waals surface area (Å²) in [6.45, 7) is 1.77. The van der Waals surface area contributed by atoms with E-state index in [2.05, 4.69) is 10.1 Å². The van der Waals surface area contributed by atoms with Crippen molar-refractivity contribution < 1.29 is 14.0 Å². The SMILES string of the molecule is Cc1ccc2oc(-c3nc(CO)no3)cc2c1. The van der Waals surface area contributed by atoms with Crippen molar-refractivity contribution in [2.45, 2.75) is 13.5 Å². The summed E-state index contributed by atoms with van der Waals surface area (Å²) in [6.07, 6.45) is 0. The van der Waals surface area contributed by atoms with E-state index in [1.165, 1.54) is 0 Å². The number of hydrogen-bond acceptors (Lipinski definition) is 5. The molecule has 0 radical (unpaired) electrons. The third-order valence-corrected chi connectivity index (χ3v) is 2.49. The average Bonchev–Trinajstić information content (AvgIpc) is 2.93. The van der Waals surface area contributed by atoms with Gasteiger partial charge in [0.15, 0.2) is 11.6 Å². The van der Waals surface area contributed by atoms with Crippen molar-refractivity contribution in [3.63, 3.8) is 0 Å². The van der Waals surface area contributed by atoms with Crippen LogP contribution in [0.2, 0.25) is 0 Å². The van der Waals surface area contributed by atoms with Crippen LogP contribution in [0.4, 0.5) is 0 Å². The van der Waals surface area contributed by atoms with Gasteiger partial charge in [-0.2, -0.15) is 4.98 Å². The molecule has 17 heavy (non-hydrogen) atoms. The van der Waals surface area contributed by atoms with Crippen LogP contribution in [-0.2, 0) is 6.61 Å². The summed E-state index contributed by atoms with van der Waals surface area (Å²) in [5.74, 6) is 1.04. The van der Waals surface area contributed by atoms with Crippen LogP contribution >= 0.6 is 0 Å². The normalized spacial score (nSPS) is 11.2. The number of nitrogens with zero attached hydrogens (tertiary/aromatic N) is 2. The molecule has 5 nitrogen and oxygen atoms in total. The molecule has 0 atom stereocenters. The van der Waals surface area contributed by atoms with Crippen LogP contribution in [0.15, 0.2) is 33.2 Å². The first-order valence-corrected chi connectivity index (χ1v) is 5.20. The summed E-state index contributed by atoms with van der Waals surface area (Å²) in [5, 5.41) is 13.5. The Labute approximate surface area is 96.7 Å². The molecule has 0 fully saturated rings. The van der Waals surface area contributed by atoms with Crippen LogP contribution < -0.4 is 0 Å². The van der Waals surface area contributed by atoms with Crippen LogP contribution in [-0.4, -0.2) is 15.2 Å². The predicted octanol–water partition coefficient (Wildman–Crippen LogP) is 2.28. The van der Waals surface area contributed by atoms with Gasteiger partial charge in [-0.25, -0.2) is 0 Å². The highest BCUT2D eigenvalue weighted by molar-refractivity contribution is 5.82. The number of furan rings is 1. The van der Waals surface area contributed by atoms with Crippen molar-refractivity contribution in [1.82, 2.24) is 10.1 Å². The smallest absolute Gasteiger partial charge is 0.293 e. The number of benzene rings is 1. The zero-order chi connectivity index (χ0) is 11.8. The molecule has 0 spiro atoms. The fourth-order valence-corrected chi connectivity index (χ4v) is 1.69. The molecule has 3 aromatic rings. The molecular weight excluding hydrogens is 220 g/mol. The lowest BCUT2D eigenvalue weighted by Gasteiger charge is -1.89. The molecule has 2 aromatic heterocycles. The molecule has 0 aliphatic rings. The van der Waals surface area contributed by atoms with Crippen molar-refractivity contribution in [3.8, 4) is 11.7 Å². The Morgan fingerprint density at radius 3 is 2.94 bits per heavy atom. The third kappa shape index (κ3) is 1.70. The first-order valence-electron chi connectivity index (χ1n) is 5.20. The summed E-state index contributed by atoms with van der Waals surface area (Å²) in [4.78, 5) is 4.00. The molecule has 1 aromatic carbocycles. The van der Waals surface area contributed by atoms with E-state index in [4.69, 9.17) is 14.0 Å². The first kappa shape index (κ1) is 10.0. The fourth-order valence-electron chi connectivity index (χ4n) is 1.69. The van der Waals surface area contributed by atoms with Crippen molar-refractivity contribution in [2.75, 3.05) is 0 Å². The Morgan fingerprint density at radius 2 is 2.18 bits per heavy atom. The van der Waals surface area contributed by atoms with E-state index in [1.54, 1.807) is 0 Å². The Hall–Kier alpha value is -2.14. The first-order chi connectivity index (χ1) is 8.26. The van der Waals surface area contributed by atoms with Crippen LogP contribution in [0, 0.1) is 6.92 Å². The second kappa shape index (κ2) is 3.71. The lowest BCUT2D eigenvalue weighted by atomic mass is 10.2. The maximum Gasteiger partial charge on any atom is 0.293 e. The summed E-state index contributed by atoms with van der Waals surface area (Å²) in [7, 11) is 0. The van der Waals surface area contributed by atoms with Gasteiger partial charge in [0.1, 0.15) is 12.2 Å². The lowest BCUT2D eigenvalue weighted by molar-refractivity contribution is 0.263. The number of aliphatic hydroxyl groups excluding tert-OH is 1. The summed E-state index contributed by atoms with van der Waals surface area (Å²) in [6, 6.07) is 7.74. The van der Waals surface area contributed by atoms with Crippen LogP contribution in [0.5, 0.6) is 0 Å². The molecule has 0 saturated heterocycles. The number of aryl methyl sites for hydroxylation is 1. The number of rotatable bonds is 2. The third-order valence-electron chi connectivity index (χ3n) is 2.49. The molecule has 3 rings (SSSR count). The van der Waals surface area contributed by atoms with E-state index in [0.717, 1.165) is 16.5 Å². The van der Waals surface area contributed by atoms with E-state index < -0.39 is 0 Å². The molecule has 0 aliphatic heterocycles. The molecule has 0 aliphatic carbocycles. The summed E-state index contributed by atoms with van der Waals surface area (Å²) >= 11 is 0. The Bertz CT molecular complexity index is 669. The monoisotopic (exact) mass is 230 g/mol. The topological polar surface area (TPSA) is 72.3 Å². The van der Waals surface area contributed by atoms with Gasteiger partial charge in [-0.15, -0.1) is 0 Å². The number of aromatic nitrogens is 2. The van der Waals surface area contributed by atoms with Crippen molar-refractivity contribution in [1.29, 1.82) is 0 Å².